The van der Waals surface area contributed by atoms with Crippen LogP contribution in [0.2, 0.25) is 0 Å². The Morgan fingerprint density at radius 3 is 2.80 bits per heavy atom. The summed E-state index contributed by atoms with van der Waals surface area (Å²) in [7, 11) is 0. The lowest BCUT2D eigenvalue weighted by Crippen LogP contribution is -2.03. The first-order valence-corrected chi connectivity index (χ1v) is 6.60. The number of nitrogens with one attached hydrogen (secondary N) is 1. The van der Waals surface area contributed by atoms with Gasteiger partial charge in [0.05, 0.1) is 18.8 Å². The Balaban J connectivity index is 1.65. The van der Waals surface area contributed by atoms with Crippen LogP contribution in [0.3, 0.4) is 0 Å². The van der Waals surface area contributed by atoms with Gasteiger partial charge in [-0.2, -0.15) is 5.10 Å². The Morgan fingerprint density at radius 1 is 1.00 bits per heavy atom. The van der Waals surface area contributed by atoms with Gasteiger partial charge in [-0.1, -0.05) is 18.2 Å². The van der Waals surface area contributed by atoms with Gasteiger partial charge in [0.15, 0.2) is 0 Å². The molecular weight excluding hydrogens is 248 g/mol. The van der Waals surface area contributed by atoms with E-state index in [1.807, 2.05) is 41.3 Å². The fourth-order valence-corrected chi connectivity index (χ4v) is 2.06. The highest BCUT2D eigenvalue weighted by molar-refractivity contribution is 5.46. The van der Waals surface area contributed by atoms with Gasteiger partial charge < -0.3 is 5.32 Å². The van der Waals surface area contributed by atoms with Crippen molar-refractivity contribution in [2.24, 2.45) is 0 Å². The van der Waals surface area contributed by atoms with Crippen LogP contribution in [0.5, 0.6) is 0 Å². The number of pyridine rings is 1. The minimum absolute atomic E-state index is 0.728. The standard InChI is InChI=1S/C16H16N4/c1-2-8-17-16(6-1)12-18-15-7-3-5-14(11-15)13-20-10-4-9-19-20/h1-11,18H,12-13H2. The van der Waals surface area contributed by atoms with Crippen LogP contribution in [-0.2, 0) is 13.1 Å². The number of aromatic nitrogens is 3. The first-order chi connectivity index (χ1) is 9.90. The van der Waals surface area contributed by atoms with Crippen LogP contribution in [0.25, 0.3) is 0 Å². The van der Waals surface area contributed by atoms with Gasteiger partial charge in [0.25, 0.3) is 0 Å². The van der Waals surface area contributed by atoms with E-state index < -0.39 is 0 Å². The fourth-order valence-electron chi connectivity index (χ4n) is 2.06. The molecule has 100 valence electrons. The summed E-state index contributed by atoms with van der Waals surface area (Å²) in [5.74, 6) is 0. The van der Waals surface area contributed by atoms with Crippen LogP contribution in [0.15, 0.2) is 67.1 Å². The lowest BCUT2D eigenvalue weighted by molar-refractivity contribution is 0.687. The Labute approximate surface area is 118 Å². The maximum atomic E-state index is 4.30. The van der Waals surface area contributed by atoms with E-state index in [2.05, 4.69) is 39.7 Å². The van der Waals surface area contributed by atoms with Gasteiger partial charge in [-0.3, -0.25) is 9.67 Å². The van der Waals surface area contributed by atoms with Gasteiger partial charge >= 0.3 is 0 Å². The molecule has 0 fully saturated rings. The predicted molar refractivity (Wildman–Crippen MR) is 79.3 cm³/mol. The summed E-state index contributed by atoms with van der Waals surface area (Å²) >= 11 is 0. The van der Waals surface area contributed by atoms with Crippen LogP contribution < -0.4 is 5.32 Å². The number of nitrogens with zero attached hydrogens (tertiary/aromatic N) is 3. The highest BCUT2D eigenvalue weighted by Crippen LogP contribution is 2.12. The lowest BCUT2D eigenvalue weighted by Gasteiger charge is -2.08. The summed E-state index contributed by atoms with van der Waals surface area (Å²) in [6, 6.07) is 16.2. The summed E-state index contributed by atoms with van der Waals surface area (Å²) in [4.78, 5) is 4.30. The smallest absolute Gasteiger partial charge is 0.0660 e. The van der Waals surface area contributed by atoms with Crippen LogP contribution in [-0.4, -0.2) is 14.8 Å². The van der Waals surface area contributed by atoms with E-state index in [0.717, 1.165) is 24.5 Å². The third kappa shape index (κ3) is 3.23. The monoisotopic (exact) mass is 264 g/mol. The first-order valence-electron chi connectivity index (χ1n) is 6.60. The Bertz CT molecular complexity index is 647. The average Bonchev–Trinajstić information content (AvgIpc) is 3.00. The van der Waals surface area contributed by atoms with E-state index in [-0.39, 0.29) is 0 Å². The van der Waals surface area contributed by atoms with Crippen molar-refractivity contribution in [2.75, 3.05) is 5.32 Å². The average molecular weight is 264 g/mol. The molecular formula is C16H16N4. The molecule has 1 N–H and O–H groups in total. The van der Waals surface area contributed by atoms with Crippen molar-refractivity contribution < 1.29 is 0 Å². The largest absolute Gasteiger partial charge is 0.379 e. The topological polar surface area (TPSA) is 42.7 Å². The van der Waals surface area contributed by atoms with Gasteiger partial charge in [-0.25, -0.2) is 0 Å². The maximum Gasteiger partial charge on any atom is 0.0660 e. The molecule has 3 aromatic rings. The molecule has 0 aliphatic carbocycles. The van der Waals surface area contributed by atoms with Crippen molar-refractivity contribution >= 4 is 5.69 Å². The Morgan fingerprint density at radius 2 is 2.00 bits per heavy atom. The van der Waals surface area contributed by atoms with E-state index in [1.165, 1.54) is 5.56 Å². The first kappa shape index (κ1) is 12.4. The molecule has 0 amide bonds. The number of anilines is 1. The van der Waals surface area contributed by atoms with Crippen molar-refractivity contribution in [1.82, 2.24) is 14.8 Å². The molecule has 0 radical (unpaired) electrons. The number of benzene rings is 1. The minimum Gasteiger partial charge on any atom is -0.379 e. The third-order valence-corrected chi connectivity index (χ3v) is 3.03. The number of hydrogen-bond donors (Lipinski definition) is 1. The molecule has 3 rings (SSSR count). The quantitative estimate of drug-likeness (QED) is 0.770. The van der Waals surface area contributed by atoms with Crippen LogP contribution in [0, 0.1) is 0 Å². The van der Waals surface area contributed by atoms with Crippen molar-refractivity contribution in [3.8, 4) is 0 Å². The summed E-state index contributed by atoms with van der Waals surface area (Å²) in [5.41, 5.74) is 3.35. The molecule has 4 nitrogen and oxygen atoms in total. The lowest BCUT2D eigenvalue weighted by atomic mass is 10.2. The van der Waals surface area contributed by atoms with E-state index in [9.17, 15) is 0 Å². The molecule has 2 heterocycles. The fraction of sp³-hybridized carbons (Fsp3) is 0.125. The predicted octanol–water partition coefficient (Wildman–Crippen LogP) is 2.94. The molecule has 0 saturated carbocycles. The second-order valence-electron chi connectivity index (χ2n) is 4.58. The van der Waals surface area contributed by atoms with Gasteiger partial charge in [0, 0.05) is 24.3 Å². The van der Waals surface area contributed by atoms with E-state index in [4.69, 9.17) is 0 Å². The zero-order valence-electron chi connectivity index (χ0n) is 11.1. The molecule has 0 aliphatic heterocycles. The maximum absolute atomic E-state index is 4.30. The highest BCUT2D eigenvalue weighted by Gasteiger charge is 1.98. The molecule has 0 spiro atoms. The molecule has 0 bridgehead atoms. The molecule has 0 aliphatic rings. The Hall–Kier alpha value is -2.62. The second-order valence-corrected chi connectivity index (χ2v) is 4.58. The van der Waals surface area contributed by atoms with Gasteiger partial charge in [0.1, 0.15) is 0 Å². The van der Waals surface area contributed by atoms with Gasteiger partial charge in [-0.05, 0) is 35.9 Å². The van der Waals surface area contributed by atoms with Crippen LogP contribution in [0.4, 0.5) is 5.69 Å². The molecule has 2 aromatic heterocycles. The summed E-state index contributed by atoms with van der Waals surface area (Å²) in [6.45, 7) is 1.51. The molecule has 20 heavy (non-hydrogen) atoms. The van der Waals surface area contributed by atoms with E-state index >= 15 is 0 Å². The number of hydrogen-bond acceptors (Lipinski definition) is 3. The van der Waals surface area contributed by atoms with Gasteiger partial charge in [0.2, 0.25) is 0 Å². The zero-order chi connectivity index (χ0) is 13.6. The number of rotatable bonds is 5. The molecule has 4 heteroatoms. The highest BCUT2D eigenvalue weighted by atomic mass is 15.3. The SMILES string of the molecule is c1ccc(CNc2cccc(Cn3cccn3)c2)nc1. The normalized spacial score (nSPS) is 10.4. The minimum atomic E-state index is 0.728. The van der Waals surface area contributed by atoms with E-state index in [1.54, 1.807) is 6.20 Å². The third-order valence-electron chi connectivity index (χ3n) is 3.03. The van der Waals surface area contributed by atoms with Crippen molar-refractivity contribution in [3.63, 3.8) is 0 Å². The molecule has 0 unspecified atom stereocenters. The van der Waals surface area contributed by atoms with Crippen molar-refractivity contribution in [3.05, 3.63) is 78.4 Å². The van der Waals surface area contributed by atoms with Gasteiger partial charge in [-0.15, -0.1) is 0 Å². The Kier molecular flexibility index (Phi) is 3.73. The zero-order valence-corrected chi connectivity index (χ0v) is 11.1. The molecule has 0 atom stereocenters. The van der Waals surface area contributed by atoms with Crippen LogP contribution >= 0.6 is 0 Å². The molecule has 1 aromatic carbocycles. The summed E-state index contributed by atoms with van der Waals surface area (Å²) in [5, 5.41) is 7.61. The van der Waals surface area contributed by atoms with Crippen molar-refractivity contribution in [2.45, 2.75) is 13.1 Å². The van der Waals surface area contributed by atoms with E-state index in [0.29, 0.717) is 0 Å². The van der Waals surface area contributed by atoms with Crippen LogP contribution in [0.1, 0.15) is 11.3 Å². The van der Waals surface area contributed by atoms with Crippen molar-refractivity contribution in [1.29, 1.82) is 0 Å². The summed E-state index contributed by atoms with van der Waals surface area (Å²) in [6.07, 6.45) is 5.57. The molecule has 0 saturated heterocycles. The second kappa shape index (κ2) is 6.02. The summed E-state index contributed by atoms with van der Waals surface area (Å²) < 4.78 is 1.91.